The summed E-state index contributed by atoms with van der Waals surface area (Å²) in [4.78, 5) is 0.132. The third kappa shape index (κ3) is 2.99. The van der Waals surface area contributed by atoms with Gasteiger partial charge < -0.3 is 5.11 Å². The van der Waals surface area contributed by atoms with Gasteiger partial charge in [-0.25, -0.2) is 0 Å². The molecule has 0 saturated carbocycles. The first-order valence-corrected chi connectivity index (χ1v) is 8.46. The lowest BCUT2D eigenvalue weighted by Gasteiger charge is -2.28. The second kappa shape index (κ2) is 5.72. The molecule has 3 rings (SSSR count). The summed E-state index contributed by atoms with van der Waals surface area (Å²) < 4.78 is 29.6. The Balaban J connectivity index is 1.97. The van der Waals surface area contributed by atoms with Crippen LogP contribution in [0.2, 0.25) is 0 Å². The lowest BCUT2D eigenvalue weighted by Crippen LogP contribution is -2.38. The molecule has 0 spiro atoms. The number of aromatic hydroxyl groups is 1. The van der Waals surface area contributed by atoms with E-state index in [-0.39, 0.29) is 10.6 Å². The van der Waals surface area contributed by atoms with Crippen molar-refractivity contribution in [2.75, 3.05) is 13.1 Å². The van der Waals surface area contributed by atoms with Crippen LogP contribution < -0.4 is 0 Å². The van der Waals surface area contributed by atoms with Crippen LogP contribution in [0.1, 0.15) is 12.0 Å². The fourth-order valence-corrected chi connectivity index (χ4v) is 3.26. The highest BCUT2D eigenvalue weighted by atomic mass is 32.2. The first-order valence-electron chi connectivity index (χ1n) is 7.05. The quantitative estimate of drug-likeness (QED) is 0.938. The Morgan fingerprint density at radius 1 is 1.09 bits per heavy atom. The fourth-order valence-electron chi connectivity index (χ4n) is 2.25. The fraction of sp³-hybridized carbons (Fsp3) is 0.250. The van der Waals surface area contributed by atoms with Gasteiger partial charge in [-0.3, -0.25) is 0 Å². The van der Waals surface area contributed by atoms with Crippen molar-refractivity contribution in [2.45, 2.75) is 18.2 Å². The first-order chi connectivity index (χ1) is 10.5. The highest BCUT2D eigenvalue weighted by Gasteiger charge is 2.25. The largest absolute Gasteiger partial charge is 0.508 e. The van der Waals surface area contributed by atoms with Gasteiger partial charge in [0, 0.05) is 13.1 Å². The molecule has 1 aliphatic rings. The van der Waals surface area contributed by atoms with Crippen LogP contribution in [0.4, 0.5) is 0 Å². The summed E-state index contributed by atoms with van der Waals surface area (Å²) >= 11 is 0. The van der Waals surface area contributed by atoms with Gasteiger partial charge in [-0.1, -0.05) is 18.2 Å². The Morgan fingerprint density at radius 2 is 1.77 bits per heavy atom. The smallest absolute Gasteiger partial charge is 0.313 e. The lowest BCUT2D eigenvalue weighted by molar-refractivity contribution is -0.101. The summed E-state index contributed by atoms with van der Waals surface area (Å²) in [5, 5.41) is 10.8. The van der Waals surface area contributed by atoms with Crippen molar-refractivity contribution in [3.63, 3.8) is 0 Å². The van der Waals surface area contributed by atoms with Crippen LogP contribution in [-0.4, -0.2) is 31.7 Å². The maximum absolute atomic E-state index is 12.3. The molecule has 6 heteroatoms. The van der Waals surface area contributed by atoms with Crippen LogP contribution in [0, 0.1) is 6.92 Å². The minimum absolute atomic E-state index is 0.132. The Kier molecular flexibility index (Phi) is 3.90. The second-order valence-corrected chi connectivity index (χ2v) is 6.86. The molecule has 2 aromatic rings. The molecule has 0 radical (unpaired) electrons. The van der Waals surface area contributed by atoms with Crippen LogP contribution in [-0.2, 0) is 14.4 Å². The van der Waals surface area contributed by atoms with Crippen LogP contribution >= 0.6 is 0 Å². The molecule has 1 aliphatic heterocycles. The number of benzene rings is 2. The van der Waals surface area contributed by atoms with E-state index >= 15 is 0 Å². The predicted octanol–water partition coefficient (Wildman–Crippen LogP) is 2.69. The number of aryl methyl sites for hydroxylation is 1. The predicted molar refractivity (Wildman–Crippen MR) is 82.7 cm³/mol. The van der Waals surface area contributed by atoms with Crippen molar-refractivity contribution in [1.82, 2.24) is 5.06 Å². The number of hydroxylamine groups is 2. The Hall–Kier alpha value is -1.89. The summed E-state index contributed by atoms with van der Waals surface area (Å²) in [5.74, 6) is 0.172. The van der Waals surface area contributed by atoms with E-state index in [1.165, 1.54) is 5.06 Å². The molecule has 1 fully saturated rings. The van der Waals surface area contributed by atoms with Gasteiger partial charge in [0.2, 0.25) is 0 Å². The number of phenolic OH excluding ortho intramolecular Hbond substituents is 1. The molecule has 1 saturated heterocycles. The van der Waals surface area contributed by atoms with E-state index in [0.717, 1.165) is 23.1 Å². The summed E-state index contributed by atoms with van der Waals surface area (Å²) in [5.41, 5.74) is 2.60. The number of nitrogens with zero attached hydrogens (tertiary/aromatic N) is 1. The van der Waals surface area contributed by atoms with Gasteiger partial charge in [0.15, 0.2) is 0 Å². The monoisotopic (exact) mass is 319 g/mol. The van der Waals surface area contributed by atoms with E-state index in [1.807, 2.05) is 6.92 Å². The molecule has 0 aliphatic carbocycles. The summed E-state index contributed by atoms with van der Waals surface area (Å²) in [6.45, 7) is 3.18. The molecular formula is C16H17NO4S. The van der Waals surface area contributed by atoms with E-state index in [9.17, 15) is 13.5 Å². The van der Waals surface area contributed by atoms with Gasteiger partial charge in [0.05, 0.1) is 4.90 Å². The number of rotatable bonds is 4. The van der Waals surface area contributed by atoms with E-state index in [2.05, 4.69) is 0 Å². The van der Waals surface area contributed by atoms with Crippen LogP contribution in [0.3, 0.4) is 0 Å². The van der Waals surface area contributed by atoms with Gasteiger partial charge in [0.25, 0.3) is 0 Å². The second-order valence-electron chi connectivity index (χ2n) is 5.33. The molecular weight excluding hydrogens is 302 g/mol. The van der Waals surface area contributed by atoms with Gasteiger partial charge in [-0.15, -0.1) is 0 Å². The van der Waals surface area contributed by atoms with Crippen LogP contribution in [0.15, 0.2) is 47.4 Å². The van der Waals surface area contributed by atoms with Crippen molar-refractivity contribution >= 4 is 10.1 Å². The zero-order chi connectivity index (χ0) is 15.7. The molecule has 1 N–H and O–H groups in total. The topological polar surface area (TPSA) is 66.8 Å². The minimum atomic E-state index is -3.80. The van der Waals surface area contributed by atoms with E-state index in [0.29, 0.717) is 13.1 Å². The van der Waals surface area contributed by atoms with E-state index in [4.69, 9.17) is 4.28 Å². The van der Waals surface area contributed by atoms with Crippen molar-refractivity contribution in [2.24, 2.45) is 0 Å². The zero-order valence-electron chi connectivity index (χ0n) is 12.2. The molecule has 0 unspecified atom stereocenters. The maximum Gasteiger partial charge on any atom is 0.313 e. The standard InChI is InChI=1S/C16H17NO4S/c1-12-3-8-15(22(19,20)21-17-9-2-10-17)11-16(12)13-4-6-14(18)7-5-13/h3-8,11,18H,2,9-10H2,1H3. The highest BCUT2D eigenvalue weighted by molar-refractivity contribution is 7.86. The van der Waals surface area contributed by atoms with Gasteiger partial charge in [-0.2, -0.15) is 17.8 Å². The Labute approximate surface area is 129 Å². The lowest BCUT2D eigenvalue weighted by atomic mass is 10.0. The minimum Gasteiger partial charge on any atom is -0.508 e. The molecule has 2 aromatic carbocycles. The molecule has 116 valence electrons. The van der Waals surface area contributed by atoms with Gasteiger partial charge in [-0.05, 0) is 54.3 Å². The molecule has 0 amide bonds. The highest BCUT2D eigenvalue weighted by Crippen LogP contribution is 2.29. The van der Waals surface area contributed by atoms with E-state index in [1.54, 1.807) is 42.5 Å². The maximum atomic E-state index is 12.3. The third-order valence-corrected chi connectivity index (χ3v) is 4.93. The molecule has 0 bridgehead atoms. The molecule has 5 nitrogen and oxygen atoms in total. The molecule has 22 heavy (non-hydrogen) atoms. The number of hydrogen-bond acceptors (Lipinski definition) is 5. The molecule has 1 heterocycles. The average Bonchev–Trinajstić information content (AvgIpc) is 2.44. The van der Waals surface area contributed by atoms with Gasteiger partial charge in [0.1, 0.15) is 5.75 Å². The van der Waals surface area contributed by atoms with Crippen molar-refractivity contribution < 1.29 is 17.8 Å². The zero-order valence-corrected chi connectivity index (χ0v) is 13.0. The normalized spacial score (nSPS) is 15.5. The van der Waals surface area contributed by atoms with Crippen LogP contribution in [0.5, 0.6) is 5.75 Å². The summed E-state index contributed by atoms with van der Waals surface area (Å²) in [6, 6.07) is 11.6. The van der Waals surface area contributed by atoms with Crippen molar-refractivity contribution in [3.05, 3.63) is 48.0 Å². The first kappa shape index (κ1) is 15.0. The van der Waals surface area contributed by atoms with Crippen molar-refractivity contribution in [3.8, 4) is 16.9 Å². The number of phenols is 1. The SMILES string of the molecule is Cc1ccc(S(=O)(=O)ON2CCC2)cc1-c1ccc(O)cc1. The van der Waals surface area contributed by atoms with Crippen LogP contribution in [0.25, 0.3) is 11.1 Å². The number of hydrogen-bond donors (Lipinski definition) is 1. The van der Waals surface area contributed by atoms with Gasteiger partial charge >= 0.3 is 10.1 Å². The summed E-state index contributed by atoms with van der Waals surface area (Å²) in [7, 11) is -3.80. The van der Waals surface area contributed by atoms with Crippen molar-refractivity contribution in [1.29, 1.82) is 0 Å². The van der Waals surface area contributed by atoms with E-state index < -0.39 is 10.1 Å². The average molecular weight is 319 g/mol. The molecule has 0 aromatic heterocycles. The molecule has 0 atom stereocenters. The Bertz CT molecular complexity index is 780. The summed E-state index contributed by atoms with van der Waals surface area (Å²) in [6.07, 6.45) is 0.947. The third-order valence-electron chi connectivity index (χ3n) is 3.69. The Morgan fingerprint density at radius 3 is 2.36 bits per heavy atom.